The van der Waals surface area contributed by atoms with Crippen LogP contribution in [0, 0.1) is 5.92 Å². The highest BCUT2D eigenvalue weighted by molar-refractivity contribution is 6.05. The third-order valence-electron chi connectivity index (χ3n) is 12.4. The Hall–Kier alpha value is -6.78. The molecule has 326 valence electrons. The summed E-state index contributed by atoms with van der Waals surface area (Å²) in [7, 11) is 2.55. The lowest BCUT2D eigenvalue weighted by atomic mass is 9.99. The molecule has 0 bridgehead atoms. The topological polar surface area (TPSA) is 193 Å². The molecule has 4 amide bonds. The fourth-order valence-electron chi connectivity index (χ4n) is 9.14. The number of benzene rings is 4. The predicted molar refractivity (Wildman–Crippen MR) is 233 cm³/mol. The molecule has 16 nitrogen and oxygen atoms in total. The average molecular weight is 855 g/mol. The number of alkyl carbamates (subject to hydrolysis) is 2. The second kappa shape index (κ2) is 17.2. The third-order valence-corrected chi connectivity index (χ3v) is 12.4. The predicted octanol–water partition coefficient (Wildman–Crippen LogP) is 6.93. The Bertz CT molecular complexity index is 2660. The lowest BCUT2D eigenvalue weighted by Crippen LogP contribution is -2.52. The van der Waals surface area contributed by atoms with E-state index in [1.165, 1.54) is 14.2 Å². The number of fused-ring (bicyclic) bond motifs is 3. The van der Waals surface area contributed by atoms with Gasteiger partial charge < -0.3 is 49.3 Å². The number of likely N-dealkylation sites (tertiary alicyclic amines) is 2. The van der Waals surface area contributed by atoms with Crippen LogP contribution in [-0.4, -0.2) is 106 Å². The van der Waals surface area contributed by atoms with Crippen molar-refractivity contribution in [1.29, 1.82) is 0 Å². The fraction of sp³-hybridized carbons (Fsp3) is 0.362. The summed E-state index contributed by atoms with van der Waals surface area (Å²) in [4.78, 5) is 72.8. The molecule has 4 aromatic carbocycles. The highest BCUT2D eigenvalue weighted by Crippen LogP contribution is 2.43. The van der Waals surface area contributed by atoms with Crippen molar-refractivity contribution in [3.8, 4) is 22.4 Å². The molecule has 1 spiro atoms. The number of amides is 4. The van der Waals surface area contributed by atoms with E-state index in [0.717, 1.165) is 57.0 Å². The zero-order valence-electron chi connectivity index (χ0n) is 35.6. The molecule has 3 aliphatic heterocycles. The number of ether oxygens (including phenoxy) is 4. The minimum Gasteiger partial charge on any atom is -0.453 e. The van der Waals surface area contributed by atoms with Crippen LogP contribution in [0.5, 0.6) is 0 Å². The number of H-pyrrole nitrogens is 2. The molecule has 63 heavy (non-hydrogen) atoms. The van der Waals surface area contributed by atoms with Crippen LogP contribution in [0.3, 0.4) is 0 Å². The SMILES string of the molecule is COC(=O)NC(C(=O)N1CC2(C[C@H]1c1nc3c(ccc4cc(-c5ccc(-c6cnc([C@@H]7CCCN7C(=O)[C@H](NC(=O)OC)c7ccccc7)[nH]6)cc5)ccc43)[nH]1)OCCO2)C(C)C. The van der Waals surface area contributed by atoms with Crippen molar-refractivity contribution in [1.82, 2.24) is 40.4 Å². The molecular formula is C47H50N8O8. The van der Waals surface area contributed by atoms with Crippen molar-refractivity contribution >= 4 is 45.8 Å². The van der Waals surface area contributed by atoms with Gasteiger partial charge in [-0.15, -0.1) is 0 Å². The van der Waals surface area contributed by atoms with Crippen LogP contribution >= 0.6 is 0 Å². The lowest BCUT2D eigenvalue weighted by molar-refractivity contribution is -0.153. The first-order valence-corrected chi connectivity index (χ1v) is 21.3. The van der Waals surface area contributed by atoms with Crippen molar-refractivity contribution in [2.24, 2.45) is 5.92 Å². The summed E-state index contributed by atoms with van der Waals surface area (Å²) in [5.74, 6) is -0.331. The molecule has 3 fully saturated rings. The number of nitrogens with zero attached hydrogens (tertiary/aromatic N) is 4. The molecule has 0 aliphatic carbocycles. The van der Waals surface area contributed by atoms with Gasteiger partial charge in [0.15, 0.2) is 5.79 Å². The number of aromatic nitrogens is 4. The summed E-state index contributed by atoms with van der Waals surface area (Å²) in [6.45, 7) is 5.36. The van der Waals surface area contributed by atoms with Gasteiger partial charge in [0.1, 0.15) is 23.7 Å². The van der Waals surface area contributed by atoms with E-state index in [1.807, 2.05) is 62.4 Å². The van der Waals surface area contributed by atoms with E-state index in [9.17, 15) is 19.2 Å². The molecule has 0 radical (unpaired) electrons. The maximum atomic E-state index is 14.1. The molecule has 1 unspecified atom stereocenters. The van der Waals surface area contributed by atoms with Crippen LogP contribution in [0.1, 0.15) is 68.4 Å². The largest absolute Gasteiger partial charge is 0.453 e. The monoisotopic (exact) mass is 854 g/mol. The summed E-state index contributed by atoms with van der Waals surface area (Å²) in [5, 5.41) is 7.39. The number of carbonyl (C=O) groups excluding carboxylic acids is 4. The van der Waals surface area contributed by atoms with E-state index in [2.05, 4.69) is 57.0 Å². The van der Waals surface area contributed by atoms with Crippen LogP contribution in [0.4, 0.5) is 9.59 Å². The van der Waals surface area contributed by atoms with Crippen LogP contribution in [0.2, 0.25) is 0 Å². The summed E-state index contributed by atoms with van der Waals surface area (Å²) in [6, 6.07) is 25.3. The van der Waals surface area contributed by atoms with Gasteiger partial charge in [-0.2, -0.15) is 0 Å². The van der Waals surface area contributed by atoms with Gasteiger partial charge in [-0.25, -0.2) is 19.6 Å². The van der Waals surface area contributed by atoms with Crippen molar-refractivity contribution in [3.05, 3.63) is 108 Å². The summed E-state index contributed by atoms with van der Waals surface area (Å²) >= 11 is 0. The van der Waals surface area contributed by atoms with Crippen molar-refractivity contribution in [2.75, 3.05) is 40.5 Å². The Labute approximate surface area is 363 Å². The molecule has 3 saturated heterocycles. The normalized spacial score (nSPS) is 19.2. The third kappa shape index (κ3) is 8.07. The van der Waals surface area contributed by atoms with E-state index in [1.54, 1.807) is 16.0 Å². The van der Waals surface area contributed by atoms with Crippen LogP contribution in [0.25, 0.3) is 44.2 Å². The Kier molecular flexibility index (Phi) is 11.3. The highest BCUT2D eigenvalue weighted by atomic mass is 16.7. The number of rotatable bonds is 10. The van der Waals surface area contributed by atoms with Crippen LogP contribution < -0.4 is 10.6 Å². The second-order valence-electron chi connectivity index (χ2n) is 16.6. The smallest absolute Gasteiger partial charge is 0.407 e. The Morgan fingerprint density at radius 1 is 0.794 bits per heavy atom. The van der Waals surface area contributed by atoms with Gasteiger partial charge >= 0.3 is 12.2 Å². The Balaban J connectivity index is 0.933. The molecular weight excluding hydrogens is 805 g/mol. The quantitative estimate of drug-likeness (QED) is 0.112. The molecule has 3 aliphatic rings. The van der Waals surface area contributed by atoms with Gasteiger partial charge in [0.2, 0.25) is 5.91 Å². The standard InChI is InChI=1S/C47H50N8O8/c1-27(2)38(52-45(58)60-3)43(56)55-26-47(62-21-22-63-47)24-37(55)42-49-34-19-17-32-23-31(16-18-33(32)40(34)51-42)28-12-14-29(15-13-28)35-25-48-41(50-35)36-11-8-20-54(36)44(57)39(53-46(59)61-4)30-9-6-5-7-10-30/h5-7,9-10,12-19,23,25,27,36-39H,8,11,20-22,24,26H2,1-4H3,(H,48,50)(H,49,51)(H,52,58)(H,53,59)/t36-,37-,38?,39+/m0/s1. The summed E-state index contributed by atoms with van der Waals surface area (Å²) in [6.07, 6.45) is 2.38. The Morgan fingerprint density at radius 2 is 1.51 bits per heavy atom. The van der Waals surface area contributed by atoms with E-state index in [-0.39, 0.29) is 30.3 Å². The molecule has 5 heterocycles. The first kappa shape index (κ1) is 41.6. The fourth-order valence-corrected chi connectivity index (χ4v) is 9.14. The van der Waals surface area contributed by atoms with Gasteiger partial charge in [0.05, 0.1) is 69.0 Å². The van der Waals surface area contributed by atoms with E-state index in [0.29, 0.717) is 43.4 Å². The van der Waals surface area contributed by atoms with Crippen LogP contribution in [0.15, 0.2) is 91.1 Å². The van der Waals surface area contributed by atoms with Gasteiger partial charge in [0.25, 0.3) is 5.91 Å². The van der Waals surface area contributed by atoms with Crippen molar-refractivity contribution < 1.29 is 38.1 Å². The highest BCUT2D eigenvalue weighted by Gasteiger charge is 2.53. The first-order valence-electron chi connectivity index (χ1n) is 21.3. The zero-order valence-corrected chi connectivity index (χ0v) is 35.6. The average Bonchev–Trinajstić information content (AvgIpc) is 4.17. The molecule has 6 aromatic rings. The number of imidazole rings is 2. The Morgan fingerprint density at radius 3 is 2.24 bits per heavy atom. The van der Waals surface area contributed by atoms with E-state index in [4.69, 9.17) is 28.9 Å². The number of carbonyl (C=O) groups is 4. The lowest BCUT2D eigenvalue weighted by Gasteiger charge is -2.30. The maximum Gasteiger partial charge on any atom is 0.407 e. The van der Waals surface area contributed by atoms with E-state index >= 15 is 0 Å². The zero-order chi connectivity index (χ0) is 43.8. The van der Waals surface area contributed by atoms with Crippen molar-refractivity contribution in [3.63, 3.8) is 0 Å². The first-order chi connectivity index (χ1) is 30.5. The second-order valence-corrected chi connectivity index (χ2v) is 16.6. The summed E-state index contributed by atoms with van der Waals surface area (Å²) in [5.41, 5.74) is 6.14. The number of aromatic amines is 2. The van der Waals surface area contributed by atoms with Crippen molar-refractivity contribution in [2.45, 2.75) is 63.1 Å². The minimum absolute atomic E-state index is 0.201. The van der Waals surface area contributed by atoms with Gasteiger partial charge in [-0.3, -0.25) is 9.59 Å². The number of methoxy groups -OCH3 is 2. The molecule has 4 atom stereocenters. The van der Waals surface area contributed by atoms with Crippen LogP contribution in [-0.2, 0) is 28.5 Å². The minimum atomic E-state index is -0.950. The molecule has 4 N–H and O–H groups in total. The molecule has 9 rings (SSSR count). The van der Waals surface area contributed by atoms with Gasteiger partial charge in [0, 0.05) is 18.4 Å². The summed E-state index contributed by atoms with van der Waals surface area (Å²) < 4.78 is 21.8. The number of hydrogen-bond donors (Lipinski definition) is 4. The van der Waals surface area contributed by atoms with E-state index < -0.39 is 36.1 Å². The van der Waals surface area contributed by atoms with Gasteiger partial charge in [-0.05, 0) is 58.5 Å². The maximum absolute atomic E-state index is 14.1. The number of hydrogen-bond acceptors (Lipinski definition) is 10. The molecule has 16 heteroatoms. The number of nitrogens with one attached hydrogen (secondary N) is 4. The molecule has 0 saturated carbocycles. The molecule has 2 aromatic heterocycles. The van der Waals surface area contributed by atoms with Gasteiger partial charge in [-0.1, -0.05) is 86.6 Å².